The summed E-state index contributed by atoms with van der Waals surface area (Å²) in [4.78, 5) is 23.2. The van der Waals surface area contributed by atoms with Crippen LogP contribution in [0, 0.1) is 0 Å². The summed E-state index contributed by atoms with van der Waals surface area (Å²) in [5, 5.41) is 11.3. The molecule has 100 valence electrons. The van der Waals surface area contributed by atoms with Crippen molar-refractivity contribution < 1.29 is 19.1 Å². The van der Waals surface area contributed by atoms with E-state index in [-0.39, 0.29) is 18.6 Å². The SMILES string of the molecule is CC(CCc1ccco1)NC(=O)N(C)CC(=O)O. The van der Waals surface area contributed by atoms with Gasteiger partial charge in [0.2, 0.25) is 0 Å². The average Bonchev–Trinajstić information content (AvgIpc) is 2.78. The van der Waals surface area contributed by atoms with Crippen molar-refractivity contribution in [2.24, 2.45) is 0 Å². The molecule has 2 amide bonds. The van der Waals surface area contributed by atoms with Gasteiger partial charge >= 0.3 is 12.0 Å². The number of carboxylic acid groups (broad SMARTS) is 1. The van der Waals surface area contributed by atoms with Crippen LogP contribution in [-0.2, 0) is 11.2 Å². The van der Waals surface area contributed by atoms with Crippen LogP contribution in [0.3, 0.4) is 0 Å². The number of nitrogens with zero attached hydrogens (tertiary/aromatic N) is 1. The highest BCUT2D eigenvalue weighted by atomic mass is 16.4. The highest BCUT2D eigenvalue weighted by Gasteiger charge is 2.14. The number of aryl methyl sites for hydroxylation is 1. The summed E-state index contributed by atoms with van der Waals surface area (Å²) in [6, 6.07) is 3.27. The van der Waals surface area contributed by atoms with Crippen LogP contribution in [0.25, 0.3) is 0 Å². The van der Waals surface area contributed by atoms with Crippen molar-refractivity contribution >= 4 is 12.0 Å². The predicted octanol–water partition coefficient (Wildman–Crippen LogP) is 1.33. The standard InChI is InChI=1S/C12H18N2O4/c1-9(5-6-10-4-3-7-18-10)13-12(17)14(2)8-11(15)16/h3-4,7,9H,5-6,8H2,1-2H3,(H,13,17)(H,15,16). The van der Waals surface area contributed by atoms with E-state index < -0.39 is 5.97 Å². The number of urea groups is 1. The Balaban J connectivity index is 2.28. The number of likely N-dealkylation sites (N-methyl/N-ethyl adjacent to an activating group) is 1. The van der Waals surface area contributed by atoms with E-state index in [0.717, 1.165) is 23.5 Å². The summed E-state index contributed by atoms with van der Waals surface area (Å²) < 4.78 is 5.19. The molecule has 6 nitrogen and oxygen atoms in total. The maximum absolute atomic E-state index is 11.6. The molecule has 0 radical (unpaired) electrons. The Bertz CT molecular complexity index is 389. The molecule has 1 unspecified atom stereocenters. The van der Waals surface area contributed by atoms with Crippen LogP contribution in [0.2, 0.25) is 0 Å². The molecule has 0 aliphatic carbocycles. The first-order valence-electron chi connectivity index (χ1n) is 5.75. The van der Waals surface area contributed by atoms with Gasteiger partial charge in [0.15, 0.2) is 0 Å². The van der Waals surface area contributed by atoms with Crippen LogP contribution in [0.5, 0.6) is 0 Å². The van der Waals surface area contributed by atoms with Gasteiger partial charge in [-0.2, -0.15) is 0 Å². The van der Waals surface area contributed by atoms with Crippen molar-refractivity contribution in [3.8, 4) is 0 Å². The summed E-state index contributed by atoms with van der Waals surface area (Å²) in [5.41, 5.74) is 0. The van der Waals surface area contributed by atoms with E-state index in [9.17, 15) is 9.59 Å². The second-order valence-corrected chi connectivity index (χ2v) is 4.22. The van der Waals surface area contributed by atoms with Gasteiger partial charge in [-0.25, -0.2) is 4.79 Å². The lowest BCUT2D eigenvalue weighted by Crippen LogP contribution is -2.43. The van der Waals surface area contributed by atoms with Gasteiger partial charge in [-0.05, 0) is 25.5 Å². The van der Waals surface area contributed by atoms with Gasteiger partial charge in [-0.3, -0.25) is 4.79 Å². The number of amides is 2. The smallest absolute Gasteiger partial charge is 0.323 e. The molecule has 1 heterocycles. The lowest BCUT2D eigenvalue weighted by Gasteiger charge is -2.19. The zero-order chi connectivity index (χ0) is 13.5. The molecule has 18 heavy (non-hydrogen) atoms. The van der Waals surface area contributed by atoms with E-state index in [2.05, 4.69) is 5.32 Å². The third-order valence-corrected chi connectivity index (χ3v) is 2.49. The minimum atomic E-state index is -1.03. The number of furan rings is 1. The van der Waals surface area contributed by atoms with Crippen LogP contribution in [-0.4, -0.2) is 41.6 Å². The first kappa shape index (κ1) is 14.1. The van der Waals surface area contributed by atoms with Crippen molar-refractivity contribution in [1.29, 1.82) is 0 Å². The second-order valence-electron chi connectivity index (χ2n) is 4.22. The van der Waals surface area contributed by atoms with E-state index in [1.54, 1.807) is 6.26 Å². The first-order valence-corrected chi connectivity index (χ1v) is 5.75. The maximum atomic E-state index is 11.6. The Morgan fingerprint density at radius 1 is 1.56 bits per heavy atom. The van der Waals surface area contributed by atoms with E-state index in [1.807, 2.05) is 19.1 Å². The maximum Gasteiger partial charge on any atom is 0.323 e. The number of rotatable bonds is 6. The number of hydrogen-bond acceptors (Lipinski definition) is 3. The van der Waals surface area contributed by atoms with Crippen molar-refractivity contribution in [2.45, 2.75) is 25.8 Å². The molecule has 0 saturated heterocycles. The summed E-state index contributed by atoms with van der Waals surface area (Å²) >= 11 is 0. The van der Waals surface area contributed by atoms with E-state index in [0.29, 0.717) is 0 Å². The van der Waals surface area contributed by atoms with Gasteiger partial charge in [0, 0.05) is 19.5 Å². The van der Waals surface area contributed by atoms with E-state index in [1.165, 1.54) is 7.05 Å². The molecule has 1 aromatic heterocycles. The highest BCUT2D eigenvalue weighted by Crippen LogP contribution is 2.05. The van der Waals surface area contributed by atoms with E-state index in [4.69, 9.17) is 9.52 Å². The molecule has 1 aromatic rings. The molecule has 0 aromatic carbocycles. The number of aliphatic carboxylic acids is 1. The van der Waals surface area contributed by atoms with Crippen LogP contribution in [0.4, 0.5) is 4.79 Å². The zero-order valence-corrected chi connectivity index (χ0v) is 10.5. The lowest BCUT2D eigenvalue weighted by atomic mass is 10.1. The molecule has 0 aliphatic rings. The van der Waals surface area contributed by atoms with Crippen LogP contribution < -0.4 is 5.32 Å². The fourth-order valence-corrected chi connectivity index (χ4v) is 1.48. The molecule has 0 bridgehead atoms. The number of carbonyl (C=O) groups excluding carboxylic acids is 1. The van der Waals surface area contributed by atoms with Crippen LogP contribution in [0.15, 0.2) is 22.8 Å². The fourth-order valence-electron chi connectivity index (χ4n) is 1.48. The molecule has 0 aliphatic heterocycles. The number of carboxylic acids is 1. The van der Waals surface area contributed by atoms with Gasteiger partial charge in [0.25, 0.3) is 0 Å². The third kappa shape index (κ3) is 4.90. The number of carbonyl (C=O) groups is 2. The monoisotopic (exact) mass is 254 g/mol. The Morgan fingerprint density at radius 3 is 2.83 bits per heavy atom. The van der Waals surface area contributed by atoms with Gasteiger partial charge in [-0.15, -0.1) is 0 Å². The number of hydrogen-bond donors (Lipinski definition) is 2. The lowest BCUT2D eigenvalue weighted by molar-refractivity contribution is -0.137. The summed E-state index contributed by atoms with van der Waals surface area (Å²) in [6.07, 6.45) is 3.08. The molecular formula is C12H18N2O4. The summed E-state index contributed by atoms with van der Waals surface area (Å²) in [7, 11) is 1.45. The van der Waals surface area contributed by atoms with Gasteiger partial charge in [0.05, 0.1) is 6.26 Å². The van der Waals surface area contributed by atoms with Gasteiger partial charge in [-0.1, -0.05) is 0 Å². The zero-order valence-electron chi connectivity index (χ0n) is 10.5. The van der Waals surface area contributed by atoms with Crippen molar-refractivity contribution in [3.05, 3.63) is 24.2 Å². The minimum Gasteiger partial charge on any atom is -0.480 e. The minimum absolute atomic E-state index is 0.0427. The van der Waals surface area contributed by atoms with Crippen LogP contribution in [0.1, 0.15) is 19.1 Å². The highest BCUT2D eigenvalue weighted by molar-refractivity contribution is 5.79. The number of nitrogens with one attached hydrogen (secondary N) is 1. The molecular weight excluding hydrogens is 236 g/mol. The van der Waals surface area contributed by atoms with Gasteiger partial charge in [0.1, 0.15) is 12.3 Å². The molecule has 0 spiro atoms. The second kappa shape index (κ2) is 6.68. The van der Waals surface area contributed by atoms with Crippen molar-refractivity contribution in [2.75, 3.05) is 13.6 Å². The van der Waals surface area contributed by atoms with Crippen molar-refractivity contribution in [1.82, 2.24) is 10.2 Å². The molecule has 1 rings (SSSR count). The Morgan fingerprint density at radius 2 is 2.28 bits per heavy atom. The topological polar surface area (TPSA) is 82.8 Å². The molecule has 2 N–H and O–H groups in total. The largest absolute Gasteiger partial charge is 0.480 e. The molecule has 0 saturated carbocycles. The third-order valence-electron chi connectivity index (χ3n) is 2.49. The molecule has 1 atom stereocenters. The average molecular weight is 254 g/mol. The fraction of sp³-hybridized carbons (Fsp3) is 0.500. The van der Waals surface area contributed by atoms with Crippen LogP contribution >= 0.6 is 0 Å². The normalized spacial score (nSPS) is 11.9. The van der Waals surface area contributed by atoms with Gasteiger partial charge < -0.3 is 19.7 Å². The Hall–Kier alpha value is -1.98. The summed E-state index contributed by atoms with van der Waals surface area (Å²) in [6.45, 7) is 1.56. The van der Waals surface area contributed by atoms with E-state index >= 15 is 0 Å². The molecule has 0 fully saturated rings. The Labute approximate surface area is 106 Å². The van der Waals surface area contributed by atoms with Crippen molar-refractivity contribution in [3.63, 3.8) is 0 Å². The predicted molar refractivity (Wildman–Crippen MR) is 65.3 cm³/mol. The summed E-state index contributed by atoms with van der Waals surface area (Å²) in [5.74, 6) is -0.161. The molecule has 6 heteroatoms. The quantitative estimate of drug-likeness (QED) is 0.802. The first-order chi connectivity index (χ1) is 8.49. The Kier molecular flexibility index (Phi) is 5.23.